The molecule has 0 atom stereocenters. The molecule has 6 nitrogen and oxygen atoms in total. The van der Waals surface area contributed by atoms with E-state index in [-0.39, 0.29) is 31.0 Å². The molecule has 1 heterocycles. The molecule has 1 rings (SSSR count). The van der Waals surface area contributed by atoms with E-state index in [1.807, 2.05) is 18.7 Å². The second-order valence-electron chi connectivity index (χ2n) is 4.80. The first kappa shape index (κ1) is 15.9. The van der Waals surface area contributed by atoms with Crippen LogP contribution in [-0.4, -0.2) is 73.7 Å². The van der Waals surface area contributed by atoms with Crippen molar-refractivity contribution >= 4 is 11.9 Å². The first-order chi connectivity index (χ1) is 9.04. The summed E-state index contributed by atoms with van der Waals surface area (Å²) in [5.41, 5.74) is 0. The van der Waals surface area contributed by atoms with Crippen LogP contribution in [-0.2, 0) is 19.1 Å². The Morgan fingerprint density at radius 3 is 2.42 bits per heavy atom. The Hall–Kier alpha value is -1.14. The molecule has 0 aromatic rings. The summed E-state index contributed by atoms with van der Waals surface area (Å²) >= 11 is 0. The van der Waals surface area contributed by atoms with Crippen LogP contribution in [0.4, 0.5) is 0 Å². The smallest absolute Gasteiger partial charge is 0.320 e. The van der Waals surface area contributed by atoms with E-state index < -0.39 is 0 Å². The molecule has 0 unspecified atom stereocenters. The molecule has 0 spiro atoms. The van der Waals surface area contributed by atoms with Gasteiger partial charge in [0.2, 0.25) is 5.91 Å². The molecule has 0 N–H and O–H groups in total. The lowest BCUT2D eigenvalue weighted by atomic mass is 10.3. The maximum absolute atomic E-state index is 12.1. The Bertz CT molecular complexity index is 301. The van der Waals surface area contributed by atoms with E-state index in [0.717, 1.165) is 0 Å². The fraction of sp³-hybridized carbons (Fsp3) is 0.846. The minimum absolute atomic E-state index is 0.0429. The number of carbonyl (C=O) groups is 2. The van der Waals surface area contributed by atoms with E-state index in [0.29, 0.717) is 32.9 Å². The SMILES string of the molecule is CCOC(=O)CN(CC(=O)N1CCOCC1)C(C)C. The van der Waals surface area contributed by atoms with E-state index in [1.54, 1.807) is 11.8 Å². The highest BCUT2D eigenvalue weighted by atomic mass is 16.5. The van der Waals surface area contributed by atoms with Crippen molar-refractivity contribution in [1.29, 1.82) is 0 Å². The zero-order valence-corrected chi connectivity index (χ0v) is 12.1. The molecule has 0 bridgehead atoms. The largest absolute Gasteiger partial charge is 0.465 e. The summed E-state index contributed by atoms with van der Waals surface area (Å²) in [4.78, 5) is 27.2. The van der Waals surface area contributed by atoms with Crippen LogP contribution >= 0.6 is 0 Å². The van der Waals surface area contributed by atoms with Gasteiger partial charge in [-0.05, 0) is 20.8 Å². The van der Waals surface area contributed by atoms with Gasteiger partial charge in [0.1, 0.15) is 0 Å². The first-order valence-electron chi connectivity index (χ1n) is 6.79. The molecule has 0 aromatic heterocycles. The van der Waals surface area contributed by atoms with Crippen molar-refractivity contribution in [3.05, 3.63) is 0 Å². The van der Waals surface area contributed by atoms with Gasteiger partial charge in [0.15, 0.2) is 0 Å². The number of morpholine rings is 1. The summed E-state index contributed by atoms with van der Waals surface area (Å²) in [6, 6.07) is 0.120. The van der Waals surface area contributed by atoms with E-state index in [1.165, 1.54) is 0 Å². The Morgan fingerprint density at radius 1 is 1.26 bits per heavy atom. The van der Waals surface area contributed by atoms with Gasteiger partial charge in [-0.25, -0.2) is 0 Å². The van der Waals surface area contributed by atoms with Crippen LogP contribution < -0.4 is 0 Å². The molecule has 1 aliphatic rings. The number of hydrogen-bond donors (Lipinski definition) is 0. The second kappa shape index (κ2) is 8.12. The summed E-state index contributed by atoms with van der Waals surface area (Å²) in [6.45, 7) is 8.90. The molecule has 1 fully saturated rings. The lowest BCUT2D eigenvalue weighted by molar-refractivity contribution is -0.146. The van der Waals surface area contributed by atoms with Gasteiger partial charge in [0.25, 0.3) is 0 Å². The van der Waals surface area contributed by atoms with Gasteiger partial charge in [0.05, 0.1) is 32.9 Å². The Balaban J connectivity index is 2.47. The van der Waals surface area contributed by atoms with Crippen molar-refractivity contribution < 1.29 is 19.1 Å². The predicted molar refractivity (Wildman–Crippen MR) is 70.7 cm³/mol. The number of esters is 1. The molecular formula is C13H24N2O4. The van der Waals surface area contributed by atoms with Gasteiger partial charge in [0, 0.05) is 19.1 Å². The lowest BCUT2D eigenvalue weighted by Crippen LogP contribution is -2.48. The van der Waals surface area contributed by atoms with Gasteiger partial charge < -0.3 is 14.4 Å². The number of nitrogens with zero attached hydrogens (tertiary/aromatic N) is 2. The van der Waals surface area contributed by atoms with Crippen molar-refractivity contribution in [3.8, 4) is 0 Å². The van der Waals surface area contributed by atoms with Crippen molar-refractivity contribution in [2.24, 2.45) is 0 Å². The number of hydrogen-bond acceptors (Lipinski definition) is 5. The molecule has 1 aliphatic heterocycles. The zero-order chi connectivity index (χ0) is 14.3. The van der Waals surface area contributed by atoms with Crippen LogP contribution in [0.2, 0.25) is 0 Å². The van der Waals surface area contributed by atoms with Crippen molar-refractivity contribution in [2.45, 2.75) is 26.8 Å². The monoisotopic (exact) mass is 272 g/mol. The normalized spacial score (nSPS) is 15.9. The fourth-order valence-electron chi connectivity index (χ4n) is 1.88. The van der Waals surface area contributed by atoms with Crippen LogP contribution in [0, 0.1) is 0 Å². The molecule has 19 heavy (non-hydrogen) atoms. The highest BCUT2D eigenvalue weighted by Gasteiger charge is 2.22. The number of ether oxygens (including phenoxy) is 2. The number of carbonyl (C=O) groups excluding carboxylic acids is 2. The van der Waals surface area contributed by atoms with E-state index in [4.69, 9.17) is 9.47 Å². The highest BCUT2D eigenvalue weighted by Crippen LogP contribution is 2.03. The second-order valence-corrected chi connectivity index (χ2v) is 4.80. The molecule has 0 aromatic carbocycles. The minimum Gasteiger partial charge on any atom is -0.465 e. The Labute approximate surface area is 114 Å². The number of rotatable bonds is 6. The third-order valence-electron chi connectivity index (χ3n) is 3.07. The van der Waals surface area contributed by atoms with Crippen molar-refractivity contribution in [1.82, 2.24) is 9.80 Å². The molecule has 6 heteroatoms. The Kier molecular flexibility index (Phi) is 6.80. The van der Waals surface area contributed by atoms with E-state index in [2.05, 4.69) is 0 Å². The number of amides is 1. The first-order valence-corrected chi connectivity index (χ1v) is 6.79. The third kappa shape index (κ3) is 5.57. The lowest BCUT2D eigenvalue weighted by Gasteiger charge is -2.31. The molecule has 1 saturated heterocycles. The maximum Gasteiger partial charge on any atom is 0.320 e. The van der Waals surface area contributed by atoms with Gasteiger partial charge in [-0.15, -0.1) is 0 Å². The van der Waals surface area contributed by atoms with Gasteiger partial charge in [-0.3, -0.25) is 14.5 Å². The summed E-state index contributed by atoms with van der Waals surface area (Å²) in [5.74, 6) is -0.243. The van der Waals surface area contributed by atoms with Gasteiger partial charge in [-0.2, -0.15) is 0 Å². The predicted octanol–water partition coefficient (Wildman–Crippen LogP) is 0.119. The van der Waals surface area contributed by atoms with Crippen LogP contribution in [0.15, 0.2) is 0 Å². The average molecular weight is 272 g/mol. The molecule has 0 saturated carbocycles. The molecule has 1 amide bonds. The Morgan fingerprint density at radius 2 is 1.89 bits per heavy atom. The van der Waals surface area contributed by atoms with Crippen LogP contribution in [0.3, 0.4) is 0 Å². The van der Waals surface area contributed by atoms with E-state index in [9.17, 15) is 9.59 Å². The zero-order valence-electron chi connectivity index (χ0n) is 12.1. The molecule has 110 valence electrons. The van der Waals surface area contributed by atoms with Crippen molar-refractivity contribution in [3.63, 3.8) is 0 Å². The quantitative estimate of drug-likeness (QED) is 0.643. The summed E-state index contributed by atoms with van der Waals surface area (Å²) in [6.07, 6.45) is 0. The average Bonchev–Trinajstić information content (AvgIpc) is 2.39. The summed E-state index contributed by atoms with van der Waals surface area (Å²) < 4.78 is 10.1. The van der Waals surface area contributed by atoms with Crippen LogP contribution in [0.5, 0.6) is 0 Å². The van der Waals surface area contributed by atoms with Gasteiger partial charge in [-0.1, -0.05) is 0 Å². The van der Waals surface area contributed by atoms with Crippen LogP contribution in [0.25, 0.3) is 0 Å². The fourth-order valence-corrected chi connectivity index (χ4v) is 1.88. The molecule has 0 aliphatic carbocycles. The van der Waals surface area contributed by atoms with Crippen molar-refractivity contribution in [2.75, 3.05) is 46.0 Å². The van der Waals surface area contributed by atoms with Gasteiger partial charge >= 0.3 is 5.97 Å². The third-order valence-corrected chi connectivity index (χ3v) is 3.07. The maximum atomic E-state index is 12.1. The van der Waals surface area contributed by atoms with E-state index >= 15 is 0 Å². The summed E-state index contributed by atoms with van der Waals surface area (Å²) in [5, 5.41) is 0. The summed E-state index contributed by atoms with van der Waals surface area (Å²) in [7, 11) is 0. The topological polar surface area (TPSA) is 59.1 Å². The standard InChI is InChI=1S/C13H24N2O4/c1-4-19-13(17)10-15(11(2)3)9-12(16)14-5-7-18-8-6-14/h11H,4-10H2,1-3H3. The molecular weight excluding hydrogens is 248 g/mol. The molecule has 0 radical (unpaired) electrons. The van der Waals surface area contributed by atoms with Crippen LogP contribution in [0.1, 0.15) is 20.8 Å². The highest BCUT2D eigenvalue weighted by molar-refractivity contribution is 5.79. The minimum atomic E-state index is -0.286.